The average molecular weight is 450 g/mol. The van der Waals surface area contributed by atoms with Gasteiger partial charge in [0, 0.05) is 22.9 Å². The molecule has 0 aliphatic carbocycles. The number of aromatic nitrogens is 2. The Kier molecular flexibility index (Phi) is 5.48. The van der Waals surface area contributed by atoms with E-state index in [2.05, 4.69) is 11.1 Å². The minimum Gasteiger partial charge on any atom is -0.486 e. The number of nitrogens with zero attached hydrogens (tertiary/aromatic N) is 3. The third kappa shape index (κ3) is 4.08. The monoisotopic (exact) mass is 449 g/mol. The Bertz CT molecular complexity index is 1240. The highest BCUT2D eigenvalue weighted by Crippen LogP contribution is 2.35. The van der Waals surface area contributed by atoms with E-state index in [1.54, 1.807) is 47.3 Å². The summed E-state index contributed by atoms with van der Waals surface area (Å²) in [5.74, 6) is 1.10. The number of ether oxygens (including phenoxy) is 2. The van der Waals surface area contributed by atoms with Gasteiger partial charge in [0.05, 0.1) is 16.8 Å². The van der Waals surface area contributed by atoms with E-state index >= 15 is 0 Å². The minimum atomic E-state index is -0.148. The van der Waals surface area contributed by atoms with Crippen molar-refractivity contribution in [3.63, 3.8) is 0 Å². The van der Waals surface area contributed by atoms with Crippen LogP contribution in [0.2, 0.25) is 0 Å². The van der Waals surface area contributed by atoms with Crippen LogP contribution in [-0.4, -0.2) is 35.3 Å². The van der Waals surface area contributed by atoms with Gasteiger partial charge in [-0.25, -0.2) is 4.98 Å². The number of rotatable bonds is 5. The molecule has 1 amide bonds. The van der Waals surface area contributed by atoms with Crippen molar-refractivity contribution < 1.29 is 14.3 Å². The van der Waals surface area contributed by atoms with Crippen LogP contribution in [0.4, 0.5) is 5.13 Å². The second-order valence-electron chi connectivity index (χ2n) is 6.94. The maximum absolute atomic E-state index is 13.6. The number of thioether (sulfide) groups is 1. The highest BCUT2D eigenvalue weighted by molar-refractivity contribution is 7.98. The average Bonchev–Trinajstić information content (AvgIpc) is 3.25. The molecule has 0 radical (unpaired) electrons. The summed E-state index contributed by atoms with van der Waals surface area (Å²) in [6.45, 7) is 1.35. The third-order valence-electron chi connectivity index (χ3n) is 4.91. The van der Waals surface area contributed by atoms with E-state index < -0.39 is 0 Å². The van der Waals surface area contributed by atoms with Gasteiger partial charge < -0.3 is 9.47 Å². The number of pyridine rings is 1. The van der Waals surface area contributed by atoms with Crippen molar-refractivity contribution in [2.75, 3.05) is 24.4 Å². The van der Waals surface area contributed by atoms with Gasteiger partial charge in [0.25, 0.3) is 5.91 Å². The second-order valence-corrected chi connectivity index (χ2v) is 8.83. The number of fused-ring (bicyclic) bond motifs is 2. The molecule has 1 aliphatic heterocycles. The number of hydrogen-bond acceptors (Lipinski definition) is 7. The molecule has 156 valence electrons. The zero-order valence-corrected chi connectivity index (χ0v) is 18.4. The fourth-order valence-electron chi connectivity index (χ4n) is 3.37. The molecule has 0 fully saturated rings. The lowest BCUT2D eigenvalue weighted by Crippen LogP contribution is -2.30. The molecular formula is C23H19N3O3S2. The Balaban J connectivity index is 1.54. The van der Waals surface area contributed by atoms with Gasteiger partial charge in [-0.3, -0.25) is 14.7 Å². The second kappa shape index (κ2) is 8.56. The Hall–Kier alpha value is -3.10. The van der Waals surface area contributed by atoms with Crippen LogP contribution in [0.1, 0.15) is 15.9 Å². The Labute approximate surface area is 187 Å². The maximum Gasteiger partial charge on any atom is 0.260 e. The van der Waals surface area contributed by atoms with Crippen molar-refractivity contribution in [2.45, 2.75) is 11.4 Å². The molecule has 4 aromatic rings. The van der Waals surface area contributed by atoms with Gasteiger partial charge in [-0.05, 0) is 54.3 Å². The number of benzene rings is 2. The van der Waals surface area contributed by atoms with Crippen LogP contribution in [-0.2, 0) is 6.54 Å². The van der Waals surface area contributed by atoms with Crippen molar-refractivity contribution in [1.82, 2.24) is 9.97 Å². The Morgan fingerprint density at radius 3 is 2.81 bits per heavy atom. The van der Waals surface area contributed by atoms with E-state index in [1.165, 1.54) is 16.2 Å². The van der Waals surface area contributed by atoms with Gasteiger partial charge in [-0.2, -0.15) is 0 Å². The molecule has 5 rings (SSSR count). The topological polar surface area (TPSA) is 64.6 Å². The molecule has 2 aromatic carbocycles. The Morgan fingerprint density at radius 1 is 1.13 bits per heavy atom. The fraction of sp³-hybridized carbons (Fsp3) is 0.174. The van der Waals surface area contributed by atoms with Crippen LogP contribution < -0.4 is 14.4 Å². The fourth-order valence-corrected chi connectivity index (χ4v) is 4.88. The summed E-state index contributed by atoms with van der Waals surface area (Å²) in [5.41, 5.74) is 2.33. The van der Waals surface area contributed by atoms with Gasteiger partial charge in [-0.1, -0.05) is 17.4 Å². The standard InChI is InChI=1S/C23H19N3O3S2/c1-30-17-5-6-18-21(12-17)31-23(25-18)26(14-15-3-2-8-24-13-15)22(27)16-4-7-19-20(11-16)29-10-9-28-19/h2-8,11-13H,9-10,14H2,1H3. The maximum atomic E-state index is 13.6. The number of hydrogen-bond donors (Lipinski definition) is 0. The lowest BCUT2D eigenvalue weighted by atomic mass is 10.1. The summed E-state index contributed by atoms with van der Waals surface area (Å²) >= 11 is 3.19. The number of anilines is 1. The first-order valence-corrected chi connectivity index (χ1v) is 11.8. The SMILES string of the molecule is CSc1ccc2nc(N(Cc3cccnc3)C(=O)c3ccc4c(c3)OCCO4)sc2c1. The van der Waals surface area contributed by atoms with Crippen LogP contribution in [0.15, 0.2) is 65.8 Å². The third-order valence-corrected chi connectivity index (χ3v) is 6.68. The van der Waals surface area contributed by atoms with Crippen molar-refractivity contribution in [3.8, 4) is 11.5 Å². The summed E-state index contributed by atoms with van der Waals surface area (Å²) in [7, 11) is 0. The van der Waals surface area contributed by atoms with Gasteiger partial charge in [0.2, 0.25) is 0 Å². The van der Waals surface area contributed by atoms with Crippen molar-refractivity contribution in [3.05, 3.63) is 72.1 Å². The van der Waals surface area contributed by atoms with Crippen LogP contribution in [0.25, 0.3) is 10.2 Å². The number of amides is 1. The van der Waals surface area contributed by atoms with E-state index in [1.807, 2.05) is 30.5 Å². The van der Waals surface area contributed by atoms with Crippen molar-refractivity contribution in [1.29, 1.82) is 0 Å². The lowest BCUT2D eigenvalue weighted by molar-refractivity contribution is 0.0984. The highest BCUT2D eigenvalue weighted by Gasteiger charge is 2.24. The van der Waals surface area contributed by atoms with E-state index in [-0.39, 0.29) is 5.91 Å². The van der Waals surface area contributed by atoms with Crippen LogP contribution in [0, 0.1) is 0 Å². The molecule has 0 saturated heterocycles. The molecular weight excluding hydrogens is 430 g/mol. The number of thiazole rings is 1. The van der Waals surface area contributed by atoms with Gasteiger partial charge >= 0.3 is 0 Å². The molecule has 8 heteroatoms. The molecule has 2 aromatic heterocycles. The molecule has 0 atom stereocenters. The van der Waals surface area contributed by atoms with E-state index in [9.17, 15) is 4.79 Å². The largest absolute Gasteiger partial charge is 0.486 e. The molecule has 0 unspecified atom stereocenters. The minimum absolute atomic E-state index is 0.148. The number of carbonyl (C=O) groups is 1. The zero-order valence-electron chi connectivity index (χ0n) is 16.8. The normalized spacial score (nSPS) is 12.7. The molecule has 31 heavy (non-hydrogen) atoms. The van der Waals surface area contributed by atoms with E-state index in [0.29, 0.717) is 42.0 Å². The molecule has 0 N–H and O–H groups in total. The predicted octanol–water partition coefficient (Wildman–Crippen LogP) is 5.03. The molecule has 6 nitrogen and oxygen atoms in total. The van der Waals surface area contributed by atoms with E-state index in [0.717, 1.165) is 15.8 Å². The van der Waals surface area contributed by atoms with Crippen molar-refractivity contribution in [2.24, 2.45) is 0 Å². The molecule has 0 saturated carbocycles. The lowest BCUT2D eigenvalue weighted by Gasteiger charge is -2.22. The van der Waals surface area contributed by atoms with Crippen LogP contribution in [0.5, 0.6) is 11.5 Å². The zero-order chi connectivity index (χ0) is 21.2. The summed E-state index contributed by atoms with van der Waals surface area (Å²) in [5, 5.41) is 0.650. The molecule has 0 bridgehead atoms. The van der Waals surface area contributed by atoms with Gasteiger partial charge in [0.15, 0.2) is 16.6 Å². The van der Waals surface area contributed by atoms with Crippen molar-refractivity contribution >= 4 is 44.4 Å². The van der Waals surface area contributed by atoms with Gasteiger partial charge in [0.1, 0.15) is 13.2 Å². The summed E-state index contributed by atoms with van der Waals surface area (Å²) in [6.07, 6.45) is 5.53. The van der Waals surface area contributed by atoms with E-state index in [4.69, 9.17) is 14.5 Å². The first-order valence-electron chi connectivity index (χ1n) is 9.76. The van der Waals surface area contributed by atoms with Crippen LogP contribution >= 0.6 is 23.1 Å². The molecule has 1 aliphatic rings. The molecule has 0 spiro atoms. The van der Waals surface area contributed by atoms with Gasteiger partial charge in [-0.15, -0.1) is 11.8 Å². The first kappa shape index (κ1) is 19.8. The predicted molar refractivity (Wildman–Crippen MR) is 124 cm³/mol. The summed E-state index contributed by atoms with van der Waals surface area (Å²) in [6, 6.07) is 15.3. The summed E-state index contributed by atoms with van der Waals surface area (Å²) < 4.78 is 12.3. The smallest absolute Gasteiger partial charge is 0.260 e. The summed E-state index contributed by atoms with van der Waals surface area (Å²) in [4.78, 5) is 25.4. The first-order chi connectivity index (χ1) is 15.2. The Morgan fingerprint density at radius 2 is 2.00 bits per heavy atom. The highest BCUT2D eigenvalue weighted by atomic mass is 32.2. The molecule has 3 heterocycles. The quantitative estimate of drug-likeness (QED) is 0.398. The van der Waals surface area contributed by atoms with Crippen LogP contribution in [0.3, 0.4) is 0 Å². The number of carbonyl (C=O) groups excluding carboxylic acids is 1.